The summed E-state index contributed by atoms with van der Waals surface area (Å²) in [6, 6.07) is 1.51. The highest BCUT2D eigenvalue weighted by Gasteiger charge is 2.19. The lowest BCUT2D eigenvalue weighted by atomic mass is 9.93. The van der Waals surface area contributed by atoms with Crippen molar-refractivity contribution in [1.29, 1.82) is 0 Å². The zero-order valence-corrected chi connectivity index (χ0v) is 9.95. The Hall–Kier alpha value is -2.17. The van der Waals surface area contributed by atoms with Gasteiger partial charge in [0.1, 0.15) is 5.69 Å². The lowest BCUT2D eigenvalue weighted by Gasteiger charge is -2.16. The van der Waals surface area contributed by atoms with E-state index < -0.39 is 5.97 Å². The SMILES string of the molecule is COC(=O)c1cc2c(=O)[nH]cc3c2c(n1)CCC3. The van der Waals surface area contributed by atoms with E-state index in [1.165, 1.54) is 13.2 Å². The van der Waals surface area contributed by atoms with Crippen molar-refractivity contribution in [2.75, 3.05) is 7.11 Å². The van der Waals surface area contributed by atoms with Gasteiger partial charge in [-0.25, -0.2) is 9.78 Å². The summed E-state index contributed by atoms with van der Waals surface area (Å²) in [4.78, 5) is 30.4. The van der Waals surface area contributed by atoms with E-state index >= 15 is 0 Å². The van der Waals surface area contributed by atoms with Crippen LogP contribution in [-0.4, -0.2) is 23.0 Å². The van der Waals surface area contributed by atoms with Crippen LogP contribution in [0.5, 0.6) is 0 Å². The first-order valence-corrected chi connectivity index (χ1v) is 5.83. The topological polar surface area (TPSA) is 72.1 Å². The van der Waals surface area contributed by atoms with Crippen molar-refractivity contribution in [3.05, 3.63) is 39.6 Å². The van der Waals surface area contributed by atoms with Crippen molar-refractivity contribution in [2.24, 2.45) is 0 Å². The average molecular weight is 244 g/mol. The number of nitrogens with one attached hydrogen (secondary N) is 1. The highest BCUT2D eigenvalue weighted by atomic mass is 16.5. The zero-order chi connectivity index (χ0) is 12.7. The smallest absolute Gasteiger partial charge is 0.356 e. The summed E-state index contributed by atoms with van der Waals surface area (Å²) in [5.41, 5.74) is 1.92. The summed E-state index contributed by atoms with van der Waals surface area (Å²) in [5, 5.41) is 1.43. The zero-order valence-electron chi connectivity index (χ0n) is 9.95. The molecule has 0 fully saturated rings. The number of H-pyrrole nitrogens is 1. The second-order valence-corrected chi connectivity index (χ2v) is 4.36. The minimum Gasteiger partial charge on any atom is -0.464 e. The van der Waals surface area contributed by atoms with Gasteiger partial charge in [-0.3, -0.25) is 4.79 Å². The summed E-state index contributed by atoms with van der Waals surface area (Å²) in [7, 11) is 1.31. The largest absolute Gasteiger partial charge is 0.464 e. The first kappa shape index (κ1) is 11.0. The number of rotatable bonds is 1. The molecule has 0 radical (unpaired) electrons. The molecule has 92 valence electrons. The Kier molecular flexibility index (Phi) is 2.40. The number of carbonyl (C=O) groups excluding carboxylic acids is 1. The van der Waals surface area contributed by atoms with Crippen molar-refractivity contribution >= 4 is 16.7 Å². The van der Waals surface area contributed by atoms with Gasteiger partial charge in [0, 0.05) is 17.3 Å². The molecule has 1 aliphatic carbocycles. The van der Waals surface area contributed by atoms with Gasteiger partial charge in [-0.2, -0.15) is 0 Å². The Morgan fingerprint density at radius 2 is 2.28 bits per heavy atom. The molecule has 0 aliphatic heterocycles. The number of aryl methyl sites for hydroxylation is 2. The van der Waals surface area contributed by atoms with Crippen LogP contribution in [0.15, 0.2) is 17.1 Å². The van der Waals surface area contributed by atoms with Crippen LogP contribution in [0.1, 0.15) is 28.2 Å². The molecule has 2 aromatic rings. The van der Waals surface area contributed by atoms with Gasteiger partial charge in [0.15, 0.2) is 0 Å². The number of carbonyl (C=O) groups is 1. The molecule has 18 heavy (non-hydrogen) atoms. The molecule has 0 amide bonds. The fourth-order valence-corrected chi connectivity index (χ4v) is 2.47. The molecular weight excluding hydrogens is 232 g/mol. The number of pyridine rings is 2. The van der Waals surface area contributed by atoms with Crippen molar-refractivity contribution in [3.8, 4) is 0 Å². The number of esters is 1. The number of hydrogen-bond acceptors (Lipinski definition) is 4. The molecule has 0 bridgehead atoms. The Labute approximate surface area is 103 Å². The Balaban J connectivity index is 2.39. The van der Waals surface area contributed by atoms with E-state index in [2.05, 4.69) is 14.7 Å². The van der Waals surface area contributed by atoms with E-state index in [0.717, 1.165) is 35.9 Å². The van der Waals surface area contributed by atoms with Crippen molar-refractivity contribution in [1.82, 2.24) is 9.97 Å². The van der Waals surface area contributed by atoms with Gasteiger partial charge in [0.05, 0.1) is 12.5 Å². The van der Waals surface area contributed by atoms with Crippen LogP contribution in [0.2, 0.25) is 0 Å². The van der Waals surface area contributed by atoms with E-state index in [-0.39, 0.29) is 11.3 Å². The lowest BCUT2D eigenvalue weighted by Crippen LogP contribution is -2.16. The Bertz CT molecular complexity index is 703. The van der Waals surface area contributed by atoms with Crippen molar-refractivity contribution in [2.45, 2.75) is 19.3 Å². The van der Waals surface area contributed by atoms with E-state index in [9.17, 15) is 9.59 Å². The summed E-state index contributed by atoms with van der Waals surface area (Å²) in [5.74, 6) is -0.511. The first-order valence-electron chi connectivity index (χ1n) is 5.83. The van der Waals surface area contributed by atoms with Gasteiger partial charge in [-0.05, 0) is 30.9 Å². The van der Waals surface area contributed by atoms with Gasteiger partial charge in [0.25, 0.3) is 5.56 Å². The predicted molar refractivity (Wildman–Crippen MR) is 65.7 cm³/mol. The lowest BCUT2D eigenvalue weighted by molar-refractivity contribution is 0.0594. The monoisotopic (exact) mass is 244 g/mol. The van der Waals surface area contributed by atoms with Crippen LogP contribution in [-0.2, 0) is 17.6 Å². The first-order chi connectivity index (χ1) is 8.70. The molecule has 5 heteroatoms. The molecule has 0 saturated heterocycles. The van der Waals surface area contributed by atoms with Gasteiger partial charge in [0.2, 0.25) is 0 Å². The average Bonchev–Trinajstić information content (AvgIpc) is 2.41. The normalized spacial score (nSPS) is 13.6. The summed E-state index contributed by atoms with van der Waals surface area (Å²) in [6.45, 7) is 0. The minimum absolute atomic E-state index is 0.190. The van der Waals surface area contributed by atoms with Gasteiger partial charge in [-0.15, -0.1) is 0 Å². The van der Waals surface area contributed by atoms with Crippen LogP contribution in [0.3, 0.4) is 0 Å². The third kappa shape index (κ3) is 1.51. The van der Waals surface area contributed by atoms with E-state index in [1.54, 1.807) is 6.20 Å². The molecule has 5 nitrogen and oxygen atoms in total. The number of nitrogens with zero attached hydrogens (tertiary/aromatic N) is 1. The summed E-state index contributed by atoms with van der Waals surface area (Å²) >= 11 is 0. The Morgan fingerprint density at radius 3 is 3.06 bits per heavy atom. The minimum atomic E-state index is -0.511. The van der Waals surface area contributed by atoms with E-state index in [4.69, 9.17) is 0 Å². The number of aromatic amines is 1. The molecule has 0 unspecified atom stereocenters. The summed E-state index contributed by atoms with van der Waals surface area (Å²) < 4.78 is 4.66. The maximum absolute atomic E-state index is 11.9. The molecule has 3 rings (SSSR count). The second-order valence-electron chi connectivity index (χ2n) is 4.36. The molecule has 0 spiro atoms. The van der Waals surface area contributed by atoms with Crippen LogP contribution in [0.25, 0.3) is 10.8 Å². The van der Waals surface area contributed by atoms with Crippen molar-refractivity contribution < 1.29 is 9.53 Å². The molecule has 0 atom stereocenters. The quantitative estimate of drug-likeness (QED) is 0.765. The number of ether oxygens (including phenoxy) is 1. The third-order valence-electron chi connectivity index (χ3n) is 3.29. The van der Waals surface area contributed by atoms with Crippen LogP contribution in [0.4, 0.5) is 0 Å². The highest BCUT2D eigenvalue weighted by molar-refractivity contribution is 5.95. The van der Waals surface area contributed by atoms with Crippen LogP contribution in [0, 0.1) is 0 Å². The molecule has 1 N–H and O–H groups in total. The number of hydrogen-bond donors (Lipinski definition) is 1. The fraction of sp³-hybridized carbons (Fsp3) is 0.308. The molecule has 0 saturated carbocycles. The van der Waals surface area contributed by atoms with Gasteiger partial charge < -0.3 is 9.72 Å². The van der Waals surface area contributed by atoms with Crippen LogP contribution < -0.4 is 5.56 Å². The molecular formula is C13H12N2O3. The van der Waals surface area contributed by atoms with E-state index in [1.807, 2.05) is 0 Å². The number of methoxy groups -OCH3 is 1. The van der Waals surface area contributed by atoms with Crippen molar-refractivity contribution in [3.63, 3.8) is 0 Å². The van der Waals surface area contributed by atoms with Gasteiger partial charge >= 0.3 is 5.97 Å². The van der Waals surface area contributed by atoms with E-state index in [0.29, 0.717) is 5.39 Å². The summed E-state index contributed by atoms with van der Waals surface area (Å²) in [6.07, 6.45) is 4.44. The molecule has 0 aromatic carbocycles. The molecule has 1 aliphatic rings. The Morgan fingerprint density at radius 1 is 1.44 bits per heavy atom. The maximum Gasteiger partial charge on any atom is 0.356 e. The fourth-order valence-electron chi connectivity index (χ4n) is 2.47. The third-order valence-corrected chi connectivity index (χ3v) is 3.29. The highest BCUT2D eigenvalue weighted by Crippen LogP contribution is 2.26. The van der Waals surface area contributed by atoms with Crippen LogP contribution >= 0.6 is 0 Å². The molecule has 2 aromatic heterocycles. The van der Waals surface area contributed by atoms with Gasteiger partial charge in [-0.1, -0.05) is 0 Å². The number of aromatic nitrogens is 2. The second kappa shape index (κ2) is 3.94. The molecule has 2 heterocycles. The maximum atomic E-state index is 11.9. The standard InChI is InChI=1S/C13H12N2O3/c1-18-13(17)10-5-8-11-7(6-14-12(8)16)3-2-4-9(11)15-10/h5-6H,2-4H2,1H3,(H,14,16). The predicted octanol–water partition coefficient (Wildman–Crippen LogP) is 1.20.